The molecule has 5 nitrogen and oxygen atoms in total. The average Bonchev–Trinajstić information content (AvgIpc) is 3.06. The van der Waals surface area contributed by atoms with Gasteiger partial charge in [0.2, 0.25) is 11.1 Å². The number of H-pyrrole nitrogens is 1. The summed E-state index contributed by atoms with van der Waals surface area (Å²) in [5.74, 6) is 1.37. The molecular formula is C19H26N4OS. The van der Waals surface area contributed by atoms with Crippen molar-refractivity contribution in [1.29, 1.82) is 0 Å². The zero-order valence-electron chi connectivity index (χ0n) is 15.1. The first-order chi connectivity index (χ1) is 12.0. The van der Waals surface area contributed by atoms with Gasteiger partial charge in [0, 0.05) is 11.6 Å². The lowest BCUT2D eigenvalue weighted by Gasteiger charge is -2.30. The molecule has 2 aromatic rings. The first-order valence-electron chi connectivity index (χ1n) is 8.99. The maximum Gasteiger partial charge on any atom is 0.233 e. The van der Waals surface area contributed by atoms with Crippen molar-refractivity contribution < 1.29 is 4.79 Å². The Balaban J connectivity index is 1.58. The Morgan fingerprint density at radius 2 is 2.00 bits per heavy atom. The maximum absolute atomic E-state index is 12.5. The van der Waals surface area contributed by atoms with Gasteiger partial charge in [-0.1, -0.05) is 61.4 Å². The van der Waals surface area contributed by atoms with Crippen LogP contribution in [-0.4, -0.2) is 32.4 Å². The first-order valence-corrected chi connectivity index (χ1v) is 9.87. The van der Waals surface area contributed by atoms with Crippen LogP contribution in [0.1, 0.15) is 45.1 Å². The Bertz CT molecular complexity index is 712. The second-order valence-electron chi connectivity index (χ2n) is 6.97. The van der Waals surface area contributed by atoms with Crippen LogP contribution in [0.4, 0.5) is 0 Å². The van der Waals surface area contributed by atoms with Gasteiger partial charge >= 0.3 is 0 Å². The number of nitrogens with zero attached hydrogens (tertiary/aromatic N) is 2. The fourth-order valence-electron chi connectivity index (χ4n) is 3.18. The molecule has 1 heterocycles. The number of carbonyl (C=O) groups excluding carboxylic acids is 1. The van der Waals surface area contributed by atoms with Crippen LogP contribution in [0.25, 0.3) is 11.4 Å². The van der Waals surface area contributed by atoms with Gasteiger partial charge in [0.05, 0.1) is 5.25 Å². The van der Waals surface area contributed by atoms with E-state index in [0.717, 1.165) is 17.8 Å². The molecule has 0 radical (unpaired) electrons. The molecule has 1 amide bonds. The molecule has 0 aliphatic heterocycles. The number of aromatic amines is 1. The molecule has 1 aliphatic carbocycles. The molecule has 1 aliphatic rings. The molecule has 3 rings (SSSR count). The molecule has 6 heteroatoms. The van der Waals surface area contributed by atoms with Gasteiger partial charge in [-0.05, 0) is 32.6 Å². The van der Waals surface area contributed by atoms with E-state index in [1.807, 2.05) is 31.2 Å². The highest BCUT2D eigenvalue weighted by Crippen LogP contribution is 2.26. The fraction of sp³-hybridized carbons (Fsp3) is 0.526. The van der Waals surface area contributed by atoms with Crippen LogP contribution in [0, 0.1) is 12.8 Å². The molecular weight excluding hydrogens is 332 g/mol. The summed E-state index contributed by atoms with van der Waals surface area (Å²) in [6, 6.07) is 8.44. The van der Waals surface area contributed by atoms with E-state index in [9.17, 15) is 4.79 Å². The van der Waals surface area contributed by atoms with Crippen molar-refractivity contribution >= 4 is 17.7 Å². The maximum atomic E-state index is 12.5. The van der Waals surface area contributed by atoms with Crippen LogP contribution in [0.15, 0.2) is 29.4 Å². The van der Waals surface area contributed by atoms with Crippen molar-refractivity contribution in [2.45, 2.75) is 62.9 Å². The topological polar surface area (TPSA) is 70.7 Å². The van der Waals surface area contributed by atoms with Crippen LogP contribution >= 0.6 is 11.8 Å². The first kappa shape index (κ1) is 18.0. The molecule has 0 unspecified atom stereocenters. The second kappa shape index (κ2) is 8.04. The number of carbonyl (C=O) groups is 1. The normalized spacial score (nSPS) is 21.7. The van der Waals surface area contributed by atoms with Crippen molar-refractivity contribution in [2.75, 3.05) is 0 Å². The fourth-order valence-corrected chi connectivity index (χ4v) is 3.92. The summed E-state index contributed by atoms with van der Waals surface area (Å²) in [4.78, 5) is 17.0. The quantitative estimate of drug-likeness (QED) is 0.794. The molecule has 2 N–H and O–H groups in total. The summed E-state index contributed by atoms with van der Waals surface area (Å²) in [6.07, 6.45) is 4.77. The van der Waals surface area contributed by atoms with E-state index in [1.54, 1.807) is 0 Å². The highest BCUT2D eigenvalue weighted by Gasteiger charge is 2.25. The number of benzene rings is 1. The lowest BCUT2D eigenvalue weighted by Crippen LogP contribution is -2.44. The summed E-state index contributed by atoms with van der Waals surface area (Å²) in [5.41, 5.74) is 2.21. The number of hydrogen-bond donors (Lipinski definition) is 2. The van der Waals surface area contributed by atoms with Gasteiger partial charge in [0.1, 0.15) is 0 Å². The van der Waals surface area contributed by atoms with Crippen LogP contribution < -0.4 is 5.32 Å². The summed E-state index contributed by atoms with van der Waals surface area (Å²) in [7, 11) is 0. The third-order valence-electron chi connectivity index (χ3n) is 4.88. The SMILES string of the molecule is Cc1ccc(-c2nc(S[C@@H](C)C(=O)N[C@H]3CCCC[C@@H]3C)n[nH]2)cc1. The summed E-state index contributed by atoms with van der Waals surface area (Å²) in [6.45, 7) is 6.19. The highest BCUT2D eigenvalue weighted by molar-refractivity contribution is 8.00. The zero-order valence-corrected chi connectivity index (χ0v) is 15.9. The average molecular weight is 359 g/mol. The van der Waals surface area contributed by atoms with Crippen LogP contribution in [-0.2, 0) is 4.79 Å². The predicted molar refractivity (Wildman–Crippen MR) is 101 cm³/mol. The summed E-state index contributed by atoms with van der Waals surface area (Å²) in [5, 5.41) is 10.8. The predicted octanol–water partition coefficient (Wildman–Crippen LogP) is 3.96. The van der Waals surface area contributed by atoms with Crippen molar-refractivity contribution in [1.82, 2.24) is 20.5 Å². The van der Waals surface area contributed by atoms with E-state index < -0.39 is 0 Å². The number of aromatic nitrogens is 3. The van der Waals surface area contributed by atoms with Gasteiger partial charge in [0.25, 0.3) is 0 Å². The highest BCUT2D eigenvalue weighted by atomic mass is 32.2. The molecule has 134 valence electrons. The minimum atomic E-state index is -0.212. The van der Waals surface area contributed by atoms with Crippen LogP contribution in [0.2, 0.25) is 0 Å². The van der Waals surface area contributed by atoms with Crippen molar-refractivity contribution in [3.8, 4) is 11.4 Å². The molecule has 0 bridgehead atoms. The lowest BCUT2D eigenvalue weighted by molar-refractivity contribution is -0.121. The zero-order chi connectivity index (χ0) is 17.8. The van der Waals surface area contributed by atoms with Gasteiger partial charge < -0.3 is 5.32 Å². The van der Waals surface area contributed by atoms with E-state index in [4.69, 9.17) is 0 Å². The minimum absolute atomic E-state index is 0.0745. The van der Waals surface area contributed by atoms with Gasteiger partial charge in [-0.3, -0.25) is 9.89 Å². The van der Waals surface area contributed by atoms with Gasteiger partial charge in [-0.25, -0.2) is 4.98 Å². The monoisotopic (exact) mass is 358 g/mol. The molecule has 1 aromatic carbocycles. The minimum Gasteiger partial charge on any atom is -0.352 e. The number of nitrogens with one attached hydrogen (secondary N) is 2. The number of aryl methyl sites for hydroxylation is 1. The molecule has 0 saturated heterocycles. The van der Waals surface area contributed by atoms with Crippen molar-refractivity contribution in [2.24, 2.45) is 5.92 Å². The Hall–Kier alpha value is -1.82. The Morgan fingerprint density at radius 3 is 2.72 bits per heavy atom. The molecule has 3 atom stereocenters. The van der Waals surface area contributed by atoms with E-state index in [1.165, 1.54) is 36.6 Å². The van der Waals surface area contributed by atoms with Crippen molar-refractivity contribution in [3.63, 3.8) is 0 Å². The lowest BCUT2D eigenvalue weighted by atomic mass is 9.86. The molecule has 1 aromatic heterocycles. The molecule has 1 fully saturated rings. The summed E-state index contributed by atoms with van der Waals surface area (Å²) < 4.78 is 0. The number of hydrogen-bond acceptors (Lipinski definition) is 4. The summed E-state index contributed by atoms with van der Waals surface area (Å²) >= 11 is 1.39. The van der Waals surface area contributed by atoms with Crippen LogP contribution in [0.5, 0.6) is 0 Å². The van der Waals surface area contributed by atoms with Gasteiger partial charge in [-0.15, -0.1) is 5.10 Å². The van der Waals surface area contributed by atoms with E-state index >= 15 is 0 Å². The van der Waals surface area contributed by atoms with Crippen LogP contribution in [0.3, 0.4) is 0 Å². The van der Waals surface area contributed by atoms with Crippen molar-refractivity contribution in [3.05, 3.63) is 29.8 Å². The molecule has 1 saturated carbocycles. The van der Waals surface area contributed by atoms with E-state index in [-0.39, 0.29) is 11.2 Å². The van der Waals surface area contributed by atoms with E-state index in [0.29, 0.717) is 17.1 Å². The smallest absolute Gasteiger partial charge is 0.233 e. The second-order valence-corrected chi connectivity index (χ2v) is 8.28. The number of thioether (sulfide) groups is 1. The third kappa shape index (κ3) is 4.63. The number of rotatable bonds is 5. The molecule has 25 heavy (non-hydrogen) atoms. The van der Waals surface area contributed by atoms with Gasteiger partial charge in [0.15, 0.2) is 5.82 Å². The van der Waals surface area contributed by atoms with E-state index in [2.05, 4.69) is 34.3 Å². The Labute approximate surface area is 153 Å². The third-order valence-corrected chi connectivity index (χ3v) is 5.84. The Morgan fingerprint density at radius 1 is 1.28 bits per heavy atom. The van der Waals surface area contributed by atoms with Gasteiger partial charge in [-0.2, -0.15) is 0 Å². The number of amides is 1. The standard InChI is InChI=1S/C19H26N4OS/c1-12-8-10-15(11-9-12)17-21-19(23-22-17)25-14(3)18(24)20-16-7-5-4-6-13(16)2/h8-11,13-14,16H,4-7H2,1-3H3,(H,20,24)(H,21,22,23)/t13-,14-,16-/m0/s1. The Kier molecular flexibility index (Phi) is 5.78. The largest absolute Gasteiger partial charge is 0.352 e. The molecule has 0 spiro atoms.